The van der Waals surface area contributed by atoms with Crippen LogP contribution in [0.1, 0.15) is 5.56 Å². The molecule has 0 fully saturated rings. The molecule has 1 heterocycles. The van der Waals surface area contributed by atoms with E-state index in [-0.39, 0.29) is 0 Å². The number of pyridine rings is 1. The Bertz CT molecular complexity index is 718. The van der Waals surface area contributed by atoms with Crippen molar-refractivity contribution < 1.29 is 0 Å². The largest absolute Gasteiger partial charge is 0.398 e. The molecule has 0 bridgehead atoms. The summed E-state index contributed by atoms with van der Waals surface area (Å²) >= 11 is 0. The van der Waals surface area contributed by atoms with Crippen molar-refractivity contribution in [3.63, 3.8) is 0 Å². The van der Waals surface area contributed by atoms with Crippen LogP contribution in [0.4, 0.5) is 17.1 Å². The maximum Gasteiger partial charge on any atom is 0.0957 e. The summed E-state index contributed by atoms with van der Waals surface area (Å²) in [5.74, 6) is 0. The van der Waals surface area contributed by atoms with E-state index in [1.54, 1.807) is 6.20 Å². The van der Waals surface area contributed by atoms with Crippen LogP contribution in [0, 0.1) is 6.92 Å². The lowest BCUT2D eigenvalue weighted by Gasteiger charge is -2.10. The van der Waals surface area contributed by atoms with Crippen molar-refractivity contribution in [2.24, 2.45) is 0 Å². The Labute approximate surface area is 112 Å². The normalized spacial score (nSPS) is 10.6. The van der Waals surface area contributed by atoms with Gasteiger partial charge >= 0.3 is 0 Å². The third kappa shape index (κ3) is 2.22. The van der Waals surface area contributed by atoms with Gasteiger partial charge in [0.05, 0.1) is 11.2 Å². The van der Waals surface area contributed by atoms with Crippen molar-refractivity contribution in [1.82, 2.24) is 4.98 Å². The second-order valence-electron chi connectivity index (χ2n) is 4.59. The standard InChI is InChI=1S/C16H15N3/c1-11-4-6-12(7-5-11)19-15-9-8-14(17)13-3-2-10-18-16(13)15/h2-10,19H,17H2,1H3. The van der Waals surface area contributed by atoms with Gasteiger partial charge in [0, 0.05) is 23.0 Å². The van der Waals surface area contributed by atoms with E-state index in [0.29, 0.717) is 0 Å². The topological polar surface area (TPSA) is 50.9 Å². The summed E-state index contributed by atoms with van der Waals surface area (Å²) in [5, 5.41) is 4.36. The summed E-state index contributed by atoms with van der Waals surface area (Å²) in [6.07, 6.45) is 1.78. The van der Waals surface area contributed by atoms with Gasteiger partial charge in [-0.1, -0.05) is 17.7 Å². The number of nitrogen functional groups attached to an aromatic ring is 1. The van der Waals surface area contributed by atoms with Gasteiger partial charge in [-0.05, 0) is 43.3 Å². The summed E-state index contributed by atoms with van der Waals surface area (Å²) in [7, 11) is 0. The van der Waals surface area contributed by atoms with Crippen LogP contribution in [0.25, 0.3) is 10.9 Å². The lowest BCUT2D eigenvalue weighted by atomic mass is 10.1. The zero-order valence-electron chi connectivity index (χ0n) is 10.7. The predicted molar refractivity (Wildman–Crippen MR) is 80.6 cm³/mol. The highest BCUT2D eigenvalue weighted by molar-refractivity contribution is 5.99. The van der Waals surface area contributed by atoms with E-state index in [0.717, 1.165) is 28.0 Å². The quantitative estimate of drug-likeness (QED) is 0.678. The Balaban J connectivity index is 2.06. The molecule has 0 atom stereocenters. The second-order valence-corrected chi connectivity index (χ2v) is 4.59. The fourth-order valence-corrected chi connectivity index (χ4v) is 2.09. The fraction of sp³-hybridized carbons (Fsp3) is 0.0625. The van der Waals surface area contributed by atoms with Gasteiger partial charge in [0.25, 0.3) is 0 Å². The van der Waals surface area contributed by atoms with E-state index < -0.39 is 0 Å². The molecule has 0 aliphatic rings. The van der Waals surface area contributed by atoms with Crippen LogP contribution in [-0.2, 0) is 0 Å². The molecule has 19 heavy (non-hydrogen) atoms. The molecule has 0 amide bonds. The van der Waals surface area contributed by atoms with Crippen molar-refractivity contribution in [3.05, 3.63) is 60.3 Å². The highest BCUT2D eigenvalue weighted by Crippen LogP contribution is 2.28. The van der Waals surface area contributed by atoms with Crippen LogP contribution in [0.3, 0.4) is 0 Å². The molecule has 1 aromatic heterocycles. The van der Waals surface area contributed by atoms with Crippen molar-refractivity contribution in [2.45, 2.75) is 6.92 Å². The molecule has 0 saturated heterocycles. The highest BCUT2D eigenvalue weighted by Gasteiger charge is 2.05. The molecule has 0 aliphatic carbocycles. The highest BCUT2D eigenvalue weighted by atomic mass is 14.9. The molecule has 0 spiro atoms. The molecule has 0 saturated carbocycles. The molecule has 0 radical (unpaired) electrons. The van der Waals surface area contributed by atoms with E-state index in [1.165, 1.54) is 5.56 Å². The Kier molecular flexibility index (Phi) is 2.80. The minimum Gasteiger partial charge on any atom is -0.398 e. The SMILES string of the molecule is Cc1ccc(Nc2ccc(N)c3cccnc23)cc1. The molecule has 3 N–H and O–H groups in total. The molecule has 0 aliphatic heterocycles. The van der Waals surface area contributed by atoms with Gasteiger partial charge in [-0.25, -0.2) is 0 Å². The lowest BCUT2D eigenvalue weighted by molar-refractivity contribution is 1.40. The molecule has 3 aromatic rings. The first kappa shape index (κ1) is 11.5. The first-order valence-electron chi connectivity index (χ1n) is 6.21. The second kappa shape index (κ2) is 4.61. The van der Waals surface area contributed by atoms with Crippen molar-refractivity contribution in [2.75, 3.05) is 11.1 Å². The zero-order valence-corrected chi connectivity index (χ0v) is 10.7. The monoisotopic (exact) mass is 249 g/mol. The summed E-state index contributed by atoms with van der Waals surface area (Å²) in [5.41, 5.74) is 10.9. The summed E-state index contributed by atoms with van der Waals surface area (Å²) in [6.45, 7) is 2.07. The van der Waals surface area contributed by atoms with Crippen LogP contribution in [0.15, 0.2) is 54.7 Å². The number of anilines is 3. The van der Waals surface area contributed by atoms with Gasteiger partial charge in [0.15, 0.2) is 0 Å². The molecule has 94 valence electrons. The van der Waals surface area contributed by atoms with Gasteiger partial charge in [-0.2, -0.15) is 0 Å². The van der Waals surface area contributed by atoms with E-state index in [4.69, 9.17) is 5.73 Å². The average molecular weight is 249 g/mol. The molecular weight excluding hydrogens is 234 g/mol. The third-order valence-electron chi connectivity index (χ3n) is 3.13. The number of hydrogen-bond acceptors (Lipinski definition) is 3. The lowest BCUT2D eigenvalue weighted by Crippen LogP contribution is -1.95. The number of fused-ring (bicyclic) bond motifs is 1. The minimum absolute atomic E-state index is 0.748. The Morgan fingerprint density at radius 1 is 1.00 bits per heavy atom. The molecule has 0 unspecified atom stereocenters. The summed E-state index contributed by atoms with van der Waals surface area (Å²) < 4.78 is 0. The fourth-order valence-electron chi connectivity index (χ4n) is 2.09. The van der Waals surface area contributed by atoms with Gasteiger partial charge in [0.1, 0.15) is 0 Å². The Hall–Kier alpha value is -2.55. The number of benzene rings is 2. The van der Waals surface area contributed by atoms with E-state index >= 15 is 0 Å². The van der Waals surface area contributed by atoms with Crippen LogP contribution in [0.2, 0.25) is 0 Å². The molecule has 3 nitrogen and oxygen atoms in total. The minimum atomic E-state index is 0.748. The van der Waals surface area contributed by atoms with Crippen molar-refractivity contribution in [3.8, 4) is 0 Å². The van der Waals surface area contributed by atoms with Crippen molar-refractivity contribution >= 4 is 28.0 Å². The van der Waals surface area contributed by atoms with Crippen LogP contribution < -0.4 is 11.1 Å². The van der Waals surface area contributed by atoms with Gasteiger partial charge in [-0.3, -0.25) is 4.98 Å². The van der Waals surface area contributed by atoms with Crippen LogP contribution >= 0.6 is 0 Å². The predicted octanol–water partition coefficient (Wildman–Crippen LogP) is 3.87. The smallest absolute Gasteiger partial charge is 0.0957 e. The number of nitrogens with one attached hydrogen (secondary N) is 1. The van der Waals surface area contributed by atoms with Gasteiger partial charge < -0.3 is 11.1 Å². The molecule has 3 heteroatoms. The Morgan fingerprint density at radius 2 is 1.79 bits per heavy atom. The number of aromatic nitrogens is 1. The van der Waals surface area contributed by atoms with E-state index in [9.17, 15) is 0 Å². The zero-order chi connectivity index (χ0) is 13.2. The number of rotatable bonds is 2. The number of hydrogen-bond donors (Lipinski definition) is 2. The number of nitrogens with zero attached hydrogens (tertiary/aromatic N) is 1. The number of aryl methyl sites for hydroxylation is 1. The van der Waals surface area contributed by atoms with Crippen LogP contribution in [0.5, 0.6) is 0 Å². The molecule has 3 rings (SSSR count). The van der Waals surface area contributed by atoms with Gasteiger partial charge in [-0.15, -0.1) is 0 Å². The average Bonchev–Trinajstić information content (AvgIpc) is 2.45. The molecular formula is C16H15N3. The Morgan fingerprint density at radius 3 is 2.58 bits per heavy atom. The third-order valence-corrected chi connectivity index (χ3v) is 3.13. The van der Waals surface area contributed by atoms with Crippen molar-refractivity contribution in [1.29, 1.82) is 0 Å². The van der Waals surface area contributed by atoms with E-state index in [1.807, 2.05) is 24.3 Å². The summed E-state index contributed by atoms with van der Waals surface area (Å²) in [6, 6.07) is 16.0. The van der Waals surface area contributed by atoms with E-state index in [2.05, 4.69) is 41.5 Å². The first-order chi connectivity index (χ1) is 9.24. The summed E-state index contributed by atoms with van der Waals surface area (Å²) in [4.78, 5) is 4.41. The maximum atomic E-state index is 5.97. The number of nitrogens with two attached hydrogens (primary N) is 1. The molecule has 2 aromatic carbocycles. The first-order valence-corrected chi connectivity index (χ1v) is 6.21. The van der Waals surface area contributed by atoms with Crippen LogP contribution in [-0.4, -0.2) is 4.98 Å². The van der Waals surface area contributed by atoms with Gasteiger partial charge in [0.2, 0.25) is 0 Å². The maximum absolute atomic E-state index is 5.97.